The van der Waals surface area contributed by atoms with E-state index in [0.717, 1.165) is 6.26 Å². The number of carboxylic acid groups (broad SMARTS) is 1. The van der Waals surface area contributed by atoms with Gasteiger partial charge in [0.15, 0.2) is 0 Å². The lowest BCUT2D eigenvalue weighted by molar-refractivity contribution is -0.143. The Labute approximate surface area is 147 Å². The summed E-state index contributed by atoms with van der Waals surface area (Å²) in [5, 5.41) is 11.2. The van der Waals surface area contributed by atoms with Gasteiger partial charge in [-0.05, 0) is 12.3 Å². The fourth-order valence-electron chi connectivity index (χ4n) is 1.83. The number of aromatic nitrogens is 2. The van der Waals surface area contributed by atoms with Gasteiger partial charge in [0.2, 0.25) is 20.9 Å². The van der Waals surface area contributed by atoms with Gasteiger partial charge in [-0.1, -0.05) is 25.7 Å². The van der Waals surface area contributed by atoms with Crippen LogP contribution in [0.1, 0.15) is 38.7 Å². The number of unbranched alkanes of at least 4 members (excludes halogenated alkanes) is 1. The Hall–Kier alpha value is -2.47. The Balaban J connectivity index is 2.45. The topological polar surface area (TPSA) is 126 Å². The van der Waals surface area contributed by atoms with Crippen molar-refractivity contribution in [3.8, 4) is 11.8 Å². The van der Waals surface area contributed by atoms with Gasteiger partial charge in [-0.2, -0.15) is 0 Å². The van der Waals surface area contributed by atoms with Gasteiger partial charge in [-0.15, -0.1) is 0 Å². The van der Waals surface area contributed by atoms with Crippen LogP contribution in [0.15, 0.2) is 17.6 Å². The summed E-state index contributed by atoms with van der Waals surface area (Å²) < 4.78 is 22.5. The number of rotatable bonds is 7. The highest BCUT2D eigenvalue weighted by atomic mass is 32.2. The first kappa shape index (κ1) is 20.6. The Morgan fingerprint density at radius 2 is 1.88 bits per heavy atom. The van der Waals surface area contributed by atoms with E-state index in [2.05, 4.69) is 27.1 Å². The minimum atomic E-state index is -3.44. The number of sulfone groups is 1. The Kier molecular flexibility index (Phi) is 7.51. The van der Waals surface area contributed by atoms with Gasteiger partial charge in [0.05, 0.1) is 5.56 Å². The highest BCUT2D eigenvalue weighted by molar-refractivity contribution is 7.90. The van der Waals surface area contributed by atoms with Crippen LogP contribution < -0.4 is 5.32 Å². The second kappa shape index (κ2) is 9.13. The normalized spacial score (nSPS) is 12.2. The molecule has 0 spiro atoms. The van der Waals surface area contributed by atoms with Crippen molar-refractivity contribution in [2.75, 3.05) is 6.26 Å². The van der Waals surface area contributed by atoms with Gasteiger partial charge in [0.1, 0.15) is 6.04 Å². The molecule has 1 atom stereocenters. The van der Waals surface area contributed by atoms with Crippen molar-refractivity contribution in [2.45, 2.75) is 44.3 Å². The molecule has 0 aliphatic rings. The van der Waals surface area contributed by atoms with E-state index in [0.29, 0.717) is 18.4 Å². The highest BCUT2D eigenvalue weighted by Gasteiger charge is 2.22. The number of amides is 1. The van der Waals surface area contributed by atoms with E-state index in [4.69, 9.17) is 5.11 Å². The van der Waals surface area contributed by atoms with Crippen LogP contribution in [-0.4, -0.2) is 47.7 Å². The Morgan fingerprint density at radius 1 is 1.28 bits per heavy atom. The molecule has 0 saturated heterocycles. The van der Waals surface area contributed by atoms with Crippen molar-refractivity contribution in [3.63, 3.8) is 0 Å². The van der Waals surface area contributed by atoms with Crippen molar-refractivity contribution >= 4 is 21.7 Å². The molecule has 0 aromatic carbocycles. The number of nitrogens with one attached hydrogen (secondary N) is 1. The Bertz CT molecular complexity index is 776. The number of hydrogen-bond acceptors (Lipinski definition) is 6. The van der Waals surface area contributed by atoms with Crippen molar-refractivity contribution in [1.29, 1.82) is 0 Å². The van der Waals surface area contributed by atoms with E-state index in [9.17, 15) is 18.0 Å². The molecule has 0 saturated carbocycles. The van der Waals surface area contributed by atoms with Crippen LogP contribution in [0.5, 0.6) is 0 Å². The van der Waals surface area contributed by atoms with E-state index in [-0.39, 0.29) is 23.4 Å². The molecule has 0 unspecified atom stereocenters. The van der Waals surface area contributed by atoms with Gasteiger partial charge >= 0.3 is 5.97 Å². The maximum Gasteiger partial charge on any atom is 0.326 e. The van der Waals surface area contributed by atoms with Crippen LogP contribution in [0, 0.1) is 17.8 Å². The monoisotopic (exact) mass is 367 g/mol. The van der Waals surface area contributed by atoms with Gasteiger partial charge in [-0.3, -0.25) is 4.79 Å². The fraction of sp³-hybridized carbons (Fsp3) is 0.500. The molecule has 0 bridgehead atoms. The smallest absolute Gasteiger partial charge is 0.326 e. The predicted octanol–water partition coefficient (Wildman–Crippen LogP) is 0.627. The number of aliphatic carboxylic acids is 1. The van der Waals surface area contributed by atoms with Gasteiger partial charge in [-0.25, -0.2) is 23.2 Å². The summed E-state index contributed by atoms with van der Waals surface area (Å²) in [5.41, 5.74) is 0.475. The summed E-state index contributed by atoms with van der Waals surface area (Å²) >= 11 is 0. The fourth-order valence-corrected chi connectivity index (χ4v) is 2.32. The second-order valence-electron chi connectivity index (χ2n) is 5.81. The van der Waals surface area contributed by atoms with Gasteiger partial charge < -0.3 is 10.4 Å². The molecule has 25 heavy (non-hydrogen) atoms. The summed E-state index contributed by atoms with van der Waals surface area (Å²) in [6, 6.07) is -0.899. The first-order valence-corrected chi connectivity index (χ1v) is 9.53. The molecular weight excluding hydrogens is 346 g/mol. The van der Waals surface area contributed by atoms with Crippen LogP contribution in [0.4, 0.5) is 0 Å². The standard InChI is InChI=1S/C16H21N3O5S/c1-11(2)14(15(21)22)19-13(20)8-6-4-5-7-12-9-17-16(18-10-12)25(3,23)24/h9-11,14H,4,6,8H2,1-3H3,(H,19,20)(H,21,22)/t14-/m0/s1. The third kappa shape index (κ3) is 7.30. The maximum absolute atomic E-state index is 11.7. The molecule has 2 N–H and O–H groups in total. The number of carbonyl (C=O) groups excluding carboxylic acids is 1. The lowest BCUT2D eigenvalue weighted by atomic mass is 10.0. The minimum Gasteiger partial charge on any atom is -0.480 e. The highest BCUT2D eigenvalue weighted by Crippen LogP contribution is 2.04. The number of nitrogens with zero attached hydrogens (tertiary/aromatic N) is 2. The number of carboxylic acids is 1. The van der Waals surface area contributed by atoms with Crippen LogP contribution in [0.3, 0.4) is 0 Å². The van der Waals surface area contributed by atoms with Crippen molar-refractivity contribution in [3.05, 3.63) is 18.0 Å². The molecule has 136 valence electrons. The molecule has 8 nitrogen and oxygen atoms in total. The molecule has 0 aliphatic carbocycles. The lowest BCUT2D eigenvalue weighted by Crippen LogP contribution is -2.44. The average Bonchev–Trinajstić information content (AvgIpc) is 2.51. The van der Waals surface area contributed by atoms with Crippen LogP contribution >= 0.6 is 0 Å². The molecule has 1 aromatic heterocycles. The summed E-state index contributed by atoms with van der Waals surface area (Å²) in [4.78, 5) is 30.2. The van der Waals surface area contributed by atoms with E-state index in [1.807, 2.05) is 0 Å². The van der Waals surface area contributed by atoms with Crippen molar-refractivity contribution in [2.24, 2.45) is 5.92 Å². The predicted molar refractivity (Wildman–Crippen MR) is 90.3 cm³/mol. The lowest BCUT2D eigenvalue weighted by Gasteiger charge is -2.17. The van der Waals surface area contributed by atoms with Gasteiger partial charge in [0.25, 0.3) is 0 Å². The largest absolute Gasteiger partial charge is 0.480 e. The molecule has 1 rings (SSSR count). The molecular formula is C16H21N3O5S. The first-order valence-electron chi connectivity index (χ1n) is 7.64. The zero-order valence-corrected chi connectivity index (χ0v) is 15.1. The maximum atomic E-state index is 11.7. The SMILES string of the molecule is CC(C)[C@H](NC(=O)CCCC#Cc1cnc(S(C)(=O)=O)nc1)C(=O)O. The zero-order valence-electron chi connectivity index (χ0n) is 14.3. The van der Waals surface area contributed by atoms with Crippen molar-refractivity contribution in [1.82, 2.24) is 15.3 Å². The molecule has 1 heterocycles. The summed E-state index contributed by atoms with van der Waals surface area (Å²) in [5.74, 6) is 4.03. The molecule has 0 radical (unpaired) electrons. The van der Waals surface area contributed by atoms with Crippen molar-refractivity contribution < 1.29 is 23.1 Å². The van der Waals surface area contributed by atoms with Gasteiger partial charge in [0, 0.05) is 31.5 Å². The second-order valence-corrected chi connectivity index (χ2v) is 7.72. The summed E-state index contributed by atoms with van der Waals surface area (Å²) in [6.45, 7) is 3.45. The third-order valence-corrected chi connectivity index (χ3v) is 4.02. The zero-order chi connectivity index (χ0) is 19.0. The van der Waals surface area contributed by atoms with Crippen LogP contribution in [0.2, 0.25) is 0 Å². The summed E-state index contributed by atoms with van der Waals surface area (Å²) in [7, 11) is -3.44. The molecule has 9 heteroatoms. The van der Waals surface area contributed by atoms with Crippen LogP contribution in [-0.2, 0) is 19.4 Å². The number of hydrogen-bond donors (Lipinski definition) is 2. The molecule has 0 fully saturated rings. The summed E-state index contributed by atoms with van der Waals surface area (Å²) in [6.07, 6.45) is 4.75. The van der Waals surface area contributed by atoms with E-state index < -0.39 is 21.8 Å². The molecule has 1 aromatic rings. The van der Waals surface area contributed by atoms with Crippen LogP contribution in [0.25, 0.3) is 0 Å². The van der Waals surface area contributed by atoms with E-state index >= 15 is 0 Å². The molecule has 0 aliphatic heterocycles. The van der Waals surface area contributed by atoms with E-state index in [1.165, 1.54) is 12.4 Å². The number of carbonyl (C=O) groups is 2. The quantitative estimate of drug-likeness (QED) is 0.411. The first-order chi connectivity index (χ1) is 11.6. The minimum absolute atomic E-state index is 0.175. The average molecular weight is 367 g/mol. The third-order valence-electron chi connectivity index (χ3n) is 3.15. The molecule has 1 amide bonds. The van der Waals surface area contributed by atoms with E-state index in [1.54, 1.807) is 13.8 Å². The Morgan fingerprint density at radius 3 is 2.36 bits per heavy atom.